The van der Waals surface area contributed by atoms with Crippen LogP contribution in [0, 0.1) is 0 Å². The largest absolute Gasteiger partial charge is 0.493 e. The summed E-state index contributed by atoms with van der Waals surface area (Å²) in [7, 11) is -9.03. The van der Waals surface area contributed by atoms with Gasteiger partial charge >= 0.3 is 8.80 Å². The van der Waals surface area contributed by atoms with Crippen molar-refractivity contribution in [2.24, 2.45) is 17.2 Å². The summed E-state index contributed by atoms with van der Waals surface area (Å²) in [4.78, 5) is 40.8. The monoisotopic (exact) mass is 634 g/mol. The van der Waals surface area contributed by atoms with E-state index in [0.717, 1.165) is 18.2 Å². The Morgan fingerprint density at radius 2 is 0.925 bits per heavy atom. The molecule has 0 bridgehead atoms. The molecule has 0 heterocycles. The summed E-state index contributed by atoms with van der Waals surface area (Å²) < 4.78 is 20.0. The van der Waals surface area contributed by atoms with Crippen molar-refractivity contribution in [3.05, 3.63) is 50.1 Å². The SMILES string of the molecule is C=C(C)C(=O)NC(CC)[Si](O[Si](C)(C)C)(O[Si](C)(C)C)O[Si](C)(C)C.C=CC(N)=O.C=CC(N)=O.C=CC(N)=O. The second-order valence-electron chi connectivity index (χ2n) is 11.3. The Labute approximate surface area is 246 Å². The Morgan fingerprint density at radius 1 is 0.700 bits per heavy atom. The zero-order valence-electron chi connectivity index (χ0n) is 26.4. The predicted octanol–water partition coefficient (Wildman–Crippen LogP) is 3.46. The molecule has 0 saturated carbocycles. The van der Waals surface area contributed by atoms with Crippen LogP contribution in [0.1, 0.15) is 20.3 Å². The van der Waals surface area contributed by atoms with Crippen molar-refractivity contribution in [3.63, 3.8) is 0 Å². The van der Waals surface area contributed by atoms with Crippen LogP contribution in [0.25, 0.3) is 0 Å². The standard InChI is InChI=1S/C16H39NO4Si4.3C3H5NO/c1-13-15(17-16(18)14(2)3)25(19-22(4,5)6,20-23(7,8)9)21-24(10,11)12;3*1-2-3(4)5/h15H,2,13H2,1,3-12H3,(H,17,18);3*2H,1H2,(H2,4,5). The van der Waals surface area contributed by atoms with Crippen LogP contribution in [0.3, 0.4) is 0 Å². The van der Waals surface area contributed by atoms with Crippen LogP contribution in [0.2, 0.25) is 58.9 Å². The number of primary amides is 3. The maximum absolute atomic E-state index is 12.3. The highest BCUT2D eigenvalue weighted by molar-refractivity contribution is 6.90. The summed E-state index contributed by atoms with van der Waals surface area (Å²) in [5.74, 6) is -1.61. The molecule has 0 aromatic rings. The molecule has 232 valence electrons. The lowest BCUT2D eigenvalue weighted by atomic mass is 10.3. The van der Waals surface area contributed by atoms with Gasteiger partial charge in [0.05, 0.1) is 5.67 Å². The third-order valence-electron chi connectivity index (χ3n) is 3.48. The maximum atomic E-state index is 12.3. The number of hydrogen-bond acceptors (Lipinski definition) is 7. The molecule has 40 heavy (non-hydrogen) atoms. The third kappa shape index (κ3) is 30.1. The fraction of sp³-hybridized carbons (Fsp3) is 0.520. The van der Waals surface area contributed by atoms with E-state index in [-0.39, 0.29) is 11.6 Å². The lowest BCUT2D eigenvalue weighted by Crippen LogP contribution is -2.70. The fourth-order valence-corrected chi connectivity index (χ4v) is 16.7. The summed E-state index contributed by atoms with van der Waals surface area (Å²) in [6.45, 7) is 36.0. The quantitative estimate of drug-likeness (QED) is 0.176. The topological polar surface area (TPSA) is 186 Å². The van der Waals surface area contributed by atoms with Crippen molar-refractivity contribution in [1.29, 1.82) is 0 Å². The average molecular weight is 635 g/mol. The molecule has 4 amide bonds. The van der Waals surface area contributed by atoms with Crippen molar-refractivity contribution in [2.75, 3.05) is 0 Å². The minimum absolute atomic E-state index is 0.166. The van der Waals surface area contributed by atoms with Gasteiger partial charge in [-0.2, -0.15) is 0 Å². The highest BCUT2D eigenvalue weighted by Gasteiger charge is 2.56. The maximum Gasteiger partial charge on any atom is 0.493 e. The number of amides is 4. The summed E-state index contributed by atoms with van der Waals surface area (Å²) in [5.41, 5.74) is 13.8. The van der Waals surface area contributed by atoms with E-state index in [1.54, 1.807) is 6.92 Å². The van der Waals surface area contributed by atoms with Crippen LogP contribution in [-0.4, -0.2) is 63.1 Å². The number of nitrogens with two attached hydrogens (primary N) is 3. The van der Waals surface area contributed by atoms with Crippen LogP contribution in [-0.2, 0) is 31.5 Å². The molecule has 1 atom stereocenters. The van der Waals surface area contributed by atoms with E-state index in [4.69, 9.17) is 12.3 Å². The number of carbonyl (C=O) groups is 4. The Morgan fingerprint density at radius 3 is 1.05 bits per heavy atom. The molecule has 0 spiro atoms. The Balaban J connectivity index is -0.000000350. The zero-order chi connectivity index (χ0) is 33.1. The minimum atomic E-state index is -3.13. The zero-order valence-corrected chi connectivity index (χ0v) is 30.4. The first-order chi connectivity index (χ1) is 17.7. The van der Waals surface area contributed by atoms with Gasteiger partial charge in [0.1, 0.15) is 0 Å². The molecule has 1 unspecified atom stereocenters. The van der Waals surface area contributed by atoms with E-state index in [0.29, 0.717) is 12.0 Å². The molecular formula is C25H54N4O7Si4. The Hall–Kier alpha value is -2.41. The number of carbonyl (C=O) groups excluding carboxylic acids is 4. The summed E-state index contributed by atoms with van der Waals surface area (Å²) in [6, 6.07) is 0. The van der Waals surface area contributed by atoms with Gasteiger partial charge in [0.2, 0.25) is 23.6 Å². The molecule has 0 aliphatic rings. The Kier molecular flexibility index (Phi) is 22.8. The van der Waals surface area contributed by atoms with E-state index in [1.165, 1.54) is 0 Å². The van der Waals surface area contributed by atoms with Gasteiger partial charge < -0.3 is 34.9 Å². The lowest BCUT2D eigenvalue weighted by molar-refractivity contribution is -0.118. The van der Waals surface area contributed by atoms with Gasteiger partial charge in [0.25, 0.3) is 0 Å². The molecule has 0 rings (SSSR count). The highest BCUT2D eigenvalue weighted by Crippen LogP contribution is 2.29. The number of nitrogens with one attached hydrogen (secondary N) is 1. The van der Waals surface area contributed by atoms with Crippen LogP contribution >= 0.6 is 0 Å². The summed E-state index contributed by atoms with van der Waals surface area (Å²) in [6.07, 6.45) is 3.87. The molecule has 0 aliphatic carbocycles. The molecule has 0 aromatic carbocycles. The van der Waals surface area contributed by atoms with Gasteiger partial charge in [-0.3, -0.25) is 19.2 Å². The average Bonchev–Trinajstić information content (AvgIpc) is 2.74. The van der Waals surface area contributed by atoms with Gasteiger partial charge in [-0.25, -0.2) is 0 Å². The van der Waals surface area contributed by atoms with Gasteiger partial charge in [0.15, 0.2) is 25.0 Å². The molecule has 0 radical (unpaired) electrons. The normalized spacial score (nSPS) is 11.8. The second kappa shape index (κ2) is 20.5. The van der Waals surface area contributed by atoms with Crippen LogP contribution in [0.15, 0.2) is 50.1 Å². The van der Waals surface area contributed by atoms with Gasteiger partial charge in [0, 0.05) is 5.57 Å². The summed E-state index contributed by atoms with van der Waals surface area (Å²) >= 11 is 0. The molecule has 7 N–H and O–H groups in total. The molecular weight excluding hydrogens is 581 g/mol. The summed E-state index contributed by atoms with van der Waals surface area (Å²) in [5, 5.41) is 3.09. The highest BCUT2D eigenvalue weighted by atomic mass is 28.5. The predicted molar refractivity (Wildman–Crippen MR) is 174 cm³/mol. The molecule has 0 aromatic heterocycles. The molecule has 0 saturated heterocycles. The van der Waals surface area contributed by atoms with Crippen molar-refractivity contribution >= 4 is 57.4 Å². The smallest absolute Gasteiger partial charge is 0.416 e. The first kappa shape index (κ1) is 44.6. The first-order valence-electron chi connectivity index (χ1n) is 12.5. The van der Waals surface area contributed by atoms with Crippen molar-refractivity contribution in [1.82, 2.24) is 5.32 Å². The molecule has 0 aliphatic heterocycles. The fourth-order valence-electron chi connectivity index (χ4n) is 2.28. The van der Waals surface area contributed by atoms with E-state index in [2.05, 4.69) is 108 Å². The van der Waals surface area contributed by atoms with E-state index >= 15 is 0 Å². The third-order valence-corrected chi connectivity index (χ3v) is 15.6. The van der Waals surface area contributed by atoms with Crippen molar-refractivity contribution in [3.8, 4) is 0 Å². The van der Waals surface area contributed by atoms with Gasteiger partial charge in [-0.05, 0) is 90.5 Å². The second-order valence-corrected chi connectivity index (χ2v) is 28.3. The molecule has 15 heteroatoms. The molecule has 11 nitrogen and oxygen atoms in total. The van der Waals surface area contributed by atoms with Gasteiger partial charge in [-0.1, -0.05) is 33.2 Å². The first-order valence-corrected chi connectivity index (χ1v) is 24.6. The van der Waals surface area contributed by atoms with Gasteiger partial charge in [-0.15, -0.1) is 0 Å². The molecule has 0 fully saturated rings. The van der Waals surface area contributed by atoms with Crippen molar-refractivity contribution in [2.45, 2.75) is 84.9 Å². The van der Waals surface area contributed by atoms with E-state index in [1.807, 2.05) is 6.92 Å². The minimum Gasteiger partial charge on any atom is -0.416 e. The van der Waals surface area contributed by atoms with Crippen LogP contribution < -0.4 is 22.5 Å². The van der Waals surface area contributed by atoms with Crippen molar-refractivity contribution < 1.29 is 31.5 Å². The van der Waals surface area contributed by atoms with Crippen LogP contribution in [0.4, 0.5) is 0 Å². The van der Waals surface area contributed by atoms with E-state index in [9.17, 15) is 19.2 Å². The number of hydrogen-bond donors (Lipinski definition) is 4. The number of rotatable bonds is 13. The van der Waals surface area contributed by atoms with Crippen LogP contribution in [0.5, 0.6) is 0 Å². The lowest BCUT2D eigenvalue weighted by Gasteiger charge is -2.46. The van der Waals surface area contributed by atoms with E-state index < -0.39 is 51.5 Å². The Bertz CT molecular complexity index is 794.